The molecule has 1 N–H and O–H groups in total. The molecular weight excluding hydrogens is 157 g/mol. The molecular formula is C9H8FNO. The molecule has 0 aliphatic carbocycles. The van der Waals surface area contributed by atoms with Crippen molar-refractivity contribution in [1.82, 2.24) is 0 Å². The molecule has 1 atom stereocenters. The van der Waals surface area contributed by atoms with Crippen LogP contribution in [0.15, 0.2) is 18.2 Å². The van der Waals surface area contributed by atoms with Crippen LogP contribution in [0.1, 0.15) is 18.4 Å². The van der Waals surface area contributed by atoms with E-state index in [2.05, 4.69) is 0 Å². The predicted molar refractivity (Wildman–Crippen MR) is 42.1 cm³/mol. The maximum absolute atomic E-state index is 13.0. The number of phenols is 1. The lowest BCUT2D eigenvalue weighted by Crippen LogP contribution is -1.94. The summed E-state index contributed by atoms with van der Waals surface area (Å²) in [5.41, 5.74) is 0.0694. The highest BCUT2D eigenvalue weighted by Crippen LogP contribution is 2.27. The quantitative estimate of drug-likeness (QED) is 0.692. The molecule has 1 rings (SSSR count). The van der Waals surface area contributed by atoms with Gasteiger partial charge >= 0.3 is 0 Å². The second-order valence-electron chi connectivity index (χ2n) is 2.52. The molecule has 1 aromatic rings. The van der Waals surface area contributed by atoms with Crippen molar-refractivity contribution in [3.8, 4) is 11.8 Å². The number of nitrogens with zero attached hydrogens (tertiary/aromatic N) is 1. The molecule has 2 nitrogen and oxygen atoms in total. The van der Waals surface area contributed by atoms with Crippen LogP contribution in [-0.2, 0) is 0 Å². The van der Waals surface area contributed by atoms with Crippen molar-refractivity contribution in [2.45, 2.75) is 12.8 Å². The number of rotatable bonds is 1. The predicted octanol–water partition coefficient (Wildman–Crippen LogP) is 2.16. The second-order valence-corrected chi connectivity index (χ2v) is 2.52. The minimum atomic E-state index is -0.619. The molecule has 0 aliphatic rings. The van der Waals surface area contributed by atoms with Gasteiger partial charge in [0.2, 0.25) is 0 Å². The number of halogens is 1. The van der Waals surface area contributed by atoms with Gasteiger partial charge in [-0.15, -0.1) is 0 Å². The van der Waals surface area contributed by atoms with Gasteiger partial charge in [-0.25, -0.2) is 4.39 Å². The van der Waals surface area contributed by atoms with E-state index < -0.39 is 11.7 Å². The van der Waals surface area contributed by atoms with Crippen molar-refractivity contribution in [3.63, 3.8) is 0 Å². The molecule has 0 bridgehead atoms. The lowest BCUT2D eigenvalue weighted by atomic mass is 10.0. The van der Waals surface area contributed by atoms with E-state index >= 15 is 0 Å². The smallest absolute Gasteiger partial charge is 0.131 e. The highest BCUT2D eigenvalue weighted by molar-refractivity contribution is 5.38. The molecule has 0 saturated carbocycles. The summed E-state index contributed by atoms with van der Waals surface area (Å²) < 4.78 is 13.0. The average molecular weight is 165 g/mol. The second kappa shape index (κ2) is 3.22. The normalized spacial score (nSPS) is 12.1. The van der Waals surface area contributed by atoms with Gasteiger partial charge in [0, 0.05) is 5.56 Å². The van der Waals surface area contributed by atoms with Gasteiger partial charge in [-0.1, -0.05) is 6.07 Å². The van der Waals surface area contributed by atoms with Crippen molar-refractivity contribution in [1.29, 1.82) is 5.26 Å². The summed E-state index contributed by atoms with van der Waals surface area (Å²) in [7, 11) is 0. The summed E-state index contributed by atoms with van der Waals surface area (Å²) >= 11 is 0. The minimum absolute atomic E-state index is 0.0694. The van der Waals surface area contributed by atoms with E-state index in [-0.39, 0.29) is 11.3 Å². The lowest BCUT2D eigenvalue weighted by Gasteiger charge is -2.06. The molecule has 0 fully saturated rings. The Hall–Kier alpha value is -1.56. The van der Waals surface area contributed by atoms with Crippen molar-refractivity contribution in [2.75, 3.05) is 0 Å². The highest BCUT2D eigenvalue weighted by Gasteiger charge is 2.13. The highest BCUT2D eigenvalue weighted by atomic mass is 19.1. The van der Waals surface area contributed by atoms with E-state index in [0.717, 1.165) is 0 Å². The Kier molecular flexibility index (Phi) is 2.29. The number of phenolic OH excluding ortho intramolecular Hbond substituents is 1. The molecule has 0 radical (unpaired) electrons. The number of nitriles is 1. The third-order valence-electron chi connectivity index (χ3n) is 1.66. The first-order valence-electron chi connectivity index (χ1n) is 3.53. The first-order chi connectivity index (χ1) is 5.66. The molecule has 3 heteroatoms. The number of benzene rings is 1. The maximum atomic E-state index is 13.0. The van der Waals surface area contributed by atoms with Crippen LogP contribution >= 0.6 is 0 Å². The monoisotopic (exact) mass is 165 g/mol. The van der Waals surface area contributed by atoms with Gasteiger partial charge in [-0.3, -0.25) is 0 Å². The minimum Gasteiger partial charge on any atom is -0.508 e. The molecule has 1 unspecified atom stereocenters. The molecule has 0 aromatic heterocycles. The zero-order valence-electron chi connectivity index (χ0n) is 6.58. The van der Waals surface area contributed by atoms with Gasteiger partial charge in [-0.05, 0) is 19.1 Å². The fourth-order valence-electron chi connectivity index (χ4n) is 1.02. The Bertz CT molecular complexity index is 310. The van der Waals surface area contributed by atoms with Gasteiger partial charge in [0.15, 0.2) is 0 Å². The molecule has 12 heavy (non-hydrogen) atoms. The van der Waals surface area contributed by atoms with E-state index in [1.165, 1.54) is 25.1 Å². The third kappa shape index (κ3) is 1.37. The third-order valence-corrected chi connectivity index (χ3v) is 1.66. The largest absolute Gasteiger partial charge is 0.508 e. The fourth-order valence-corrected chi connectivity index (χ4v) is 1.02. The van der Waals surface area contributed by atoms with E-state index in [1.54, 1.807) is 0 Å². The first kappa shape index (κ1) is 8.54. The van der Waals surface area contributed by atoms with Crippen LogP contribution in [0, 0.1) is 17.1 Å². The van der Waals surface area contributed by atoms with Gasteiger partial charge in [-0.2, -0.15) is 5.26 Å². The van der Waals surface area contributed by atoms with Crippen LogP contribution in [0.3, 0.4) is 0 Å². The molecule has 0 amide bonds. The summed E-state index contributed by atoms with van der Waals surface area (Å²) in [5, 5.41) is 17.7. The van der Waals surface area contributed by atoms with Gasteiger partial charge in [0.1, 0.15) is 11.6 Å². The summed E-state index contributed by atoms with van der Waals surface area (Å²) in [4.78, 5) is 0. The topological polar surface area (TPSA) is 44.0 Å². The molecule has 0 saturated heterocycles. The summed E-state index contributed by atoms with van der Waals surface area (Å²) in [6.07, 6.45) is 0. The summed E-state index contributed by atoms with van der Waals surface area (Å²) in [5.74, 6) is -1.32. The van der Waals surface area contributed by atoms with Crippen molar-refractivity contribution in [3.05, 3.63) is 29.6 Å². The van der Waals surface area contributed by atoms with Crippen molar-refractivity contribution < 1.29 is 9.50 Å². The molecule has 62 valence electrons. The first-order valence-corrected chi connectivity index (χ1v) is 3.53. The van der Waals surface area contributed by atoms with Crippen LogP contribution in [0.4, 0.5) is 4.39 Å². The zero-order valence-corrected chi connectivity index (χ0v) is 6.58. The lowest BCUT2D eigenvalue weighted by molar-refractivity contribution is 0.457. The van der Waals surface area contributed by atoms with Crippen LogP contribution in [0.25, 0.3) is 0 Å². The van der Waals surface area contributed by atoms with Crippen LogP contribution < -0.4 is 0 Å². The Morgan fingerprint density at radius 2 is 2.25 bits per heavy atom. The fraction of sp³-hybridized carbons (Fsp3) is 0.222. The van der Waals surface area contributed by atoms with Crippen molar-refractivity contribution in [2.24, 2.45) is 0 Å². The standard InChI is InChI=1S/C9H8FNO/c1-6(5-11)9-7(10)3-2-4-8(9)12/h2-4,6,12H,1H3. The Morgan fingerprint density at radius 3 is 2.75 bits per heavy atom. The molecule has 0 spiro atoms. The van der Waals surface area contributed by atoms with Gasteiger partial charge in [0.25, 0.3) is 0 Å². The van der Waals surface area contributed by atoms with Crippen LogP contribution in [0.5, 0.6) is 5.75 Å². The zero-order chi connectivity index (χ0) is 9.14. The Morgan fingerprint density at radius 1 is 1.58 bits per heavy atom. The number of hydrogen-bond acceptors (Lipinski definition) is 2. The van der Waals surface area contributed by atoms with E-state index in [4.69, 9.17) is 5.26 Å². The van der Waals surface area contributed by atoms with Crippen LogP contribution in [-0.4, -0.2) is 5.11 Å². The van der Waals surface area contributed by atoms with E-state index in [0.29, 0.717) is 0 Å². The Labute approximate surface area is 69.9 Å². The number of aromatic hydroxyl groups is 1. The van der Waals surface area contributed by atoms with Crippen molar-refractivity contribution >= 4 is 0 Å². The molecule has 1 aromatic carbocycles. The Balaban J connectivity index is 3.23. The van der Waals surface area contributed by atoms with E-state index in [9.17, 15) is 9.50 Å². The summed E-state index contributed by atoms with van der Waals surface area (Å²) in [6.45, 7) is 1.54. The van der Waals surface area contributed by atoms with Gasteiger partial charge < -0.3 is 5.11 Å². The summed E-state index contributed by atoms with van der Waals surface area (Å²) in [6, 6.07) is 5.86. The van der Waals surface area contributed by atoms with Gasteiger partial charge in [0.05, 0.1) is 12.0 Å². The average Bonchev–Trinajstić information content (AvgIpc) is 2.03. The maximum Gasteiger partial charge on any atom is 0.131 e. The molecule has 0 heterocycles. The molecule has 0 aliphatic heterocycles. The SMILES string of the molecule is CC(C#N)c1c(O)cccc1F. The van der Waals surface area contributed by atoms with E-state index in [1.807, 2.05) is 6.07 Å². The van der Waals surface area contributed by atoms with Crippen LogP contribution in [0.2, 0.25) is 0 Å². The number of hydrogen-bond donors (Lipinski definition) is 1.